The number of hydrogen-bond donors (Lipinski definition) is 0. The van der Waals surface area contributed by atoms with Crippen molar-refractivity contribution in [1.29, 1.82) is 0 Å². The topological polar surface area (TPSA) is 63.5 Å². The second kappa shape index (κ2) is 8.22. The summed E-state index contributed by atoms with van der Waals surface area (Å²) in [6.45, 7) is 4.64. The molecule has 7 heteroatoms. The van der Waals surface area contributed by atoms with Gasteiger partial charge in [-0.15, -0.1) is 0 Å². The summed E-state index contributed by atoms with van der Waals surface area (Å²) in [6.07, 6.45) is 4.06. The van der Waals surface area contributed by atoms with Crippen molar-refractivity contribution >= 4 is 5.91 Å². The molecule has 1 aliphatic heterocycles. The minimum Gasteiger partial charge on any atom is -0.384 e. The van der Waals surface area contributed by atoms with E-state index in [0.717, 1.165) is 49.7 Å². The minimum absolute atomic E-state index is 0.181. The molecule has 1 amide bonds. The lowest BCUT2D eigenvalue weighted by Crippen LogP contribution is -2.48. The molecule has 0 atom stereocenters. The van der Waals surface area contributed by atoms with E-state index in [4.69, 9.17) is 4.74 Å². The smallest absolute Gasteiger partial charge is 0.224 e. The normalized spacial score (nSPS) is 15.5. The predicted octanol–water partition coefficient (Wildman–Crippen LogP) is 1.16. The standard InChI is InChI=1S/C18H25N5O2/c1-21-16(12-17(20-21)15-4-3-6-19-13-15)14-22-7-9-23(10-8-22)18(24)5-11-25-2/h3-4,6,12-13H,5,7-11,14H2,1-2H3. The molecule has 3 heterocycles. The van der Waals surface area contributed by atoms with Crippen molar-refractivity contribution in [3.63, 3.8) is 0 Å². The maximum Gasteiger partial charge on any atom is 0.224 e. The van der Waals surface area contributed by atoms with E-state index in [-0.39, 0.29) is 5.91 Å². The van der Waals surface area contributed by atoms with E-state index in [0.29, 0.717) is 13.0 Å². The fourth-order valence-corrected chi connectivity index (χ4v) is 3.04. The molecule has 0 radical (unpaired) electrons. The zero-order valence-corrected chi connectivity index (χ0v) is 14.9. The number of amides is 1. The van der Waals surface area contributed by atoms with Gasteiger partial charge in [-0.3, -0.25) is 19.4 Å². The summed E-state index contributed by atoms with van der Waals surface area (Å²) < 4.78 is 6.91. The van der Waals surface area contributed by atoms with Crippen molar-refractivity contribution in [1.82, 2.24) is 24.6 Å². The molecule has 7 nitrogen and oxygen atoms in total. The fourth-order valence-electron chi connectivity index (χ4n) is 3.04. The average Bonchev–Trinajstić information content (AvgIpc) is 3.01. The van der Waals surface area contributed by atoms with Gasteiger partial charge in [0.05, 0.1) is 24.4 Å². The zero-order chi connectivity index (χ0) is 17.6. The van der Waals surface area contributed by atoms with Crippen LogP contribution in [-0.2, 0) is 23.1 Å². The maximum absolute atomic E-state index is 12.0. The van der Waals surface area contributed by atoms with Gasteiger partial charge < -0.3 is 9.64 Å². The molecule has 0 aliphatic carbocycles. The molecule has 2 aromatic rings. The number of pyridine rings is 1. The van der Waals surface area contributed by atoms with Crippen LogP contribution < -0.4 is 0 Å². The lowest BCUT2D eigenvalue weighted by molar-refractivity contribution is -0.133. The van der Waals surface area contributed by atoms with Gasteiger partial charge in [0.1, 0.15) is 0 Å². The third-order valence-corrected chi connectivity index (χ3v) is 4.56. The third-order valence-electron chi connectivity index (χ3n) is 4.56. The van der Waals surface area contributed by atoms with Crippen LogP contribution in [0, 0.1) is 0 Å². The van der Waals surface area contributed by atoms with Crippen LogP contribution in [0.4, 0.5) is 0 Å². The SMILES string of the molecule is COCCC(=O)N1CCN(Cc2cc(-c3cccnc3)nn2C)CC1. The lowest BCUT2D eigenvalue weighted by Gasteiger charge is -2.34. The first-order chi connectivity index (χ1) is 12.2. The molecule has 1 aliphatic rings. The van der Waals surface area contributed by atoms with Crippen LogP contribution >= 0.6 is 0 Å². The van der Waals surface area contributed by atoms with Crippen LogP contribution in [0.25, 0.3) is 11.3 Å². The Balaban J connectivity index is 1.56. The third kappa shape index (κ3) is 4.43. The molecule has 0 bridgehead atoms. The molecule has 134 valence electrons. The summed E-state index contributed by atoms with van der Waals surface area (Å²) in [4.78, 5) is 20.5. The van der Waals surface area contributed by atoms with Crippen molar-refractivity contribution in [3.8, 4) is 11.3 Å². The van der Waals surface area contributed by atoms with Crippen LogP contribution in [0.5, 0.6) is 0 Å². The van der Waals surface area contributed by atoms with Crippen molar-refractivity contribution in [2.45, 2.75) is 13.0 Å². The number of nitrogens with zero attached hydrogens (tertiary/aromatic N) is 5. The summed E-state index contributed by atoms with van der Waals surface area (Å²) in [5.41, 5.74) is 3.13. The van der Waals surface area contributed by atoms with E-state index in [1.165, 1.54) is 0 Å². The van der Waals surface area contributed by atoms with Gasteiger partial charge in [0.25, 0.3) is 0 Å². The largest absolute Gasteiger partial charge is 0.384 e. The van der Waals surface area contributed by atoms with Crippen LogP contribution in [0.1, 0.15) is 12.1 Å². The molecule has 0 unspecified atom stereocenters. The summed E-state index contributed by atoms with van der Waals surface area (Å²) in [7, 11) is 3.60. The van der Waals surface area contributed by atoms with Gasteiger partial charge in [-0.1, -0.05) is 0 Å². The van der Waals surface area contributed by atoms with Crippen molar-refractivity contribution < 1.29 is 9.53 Å². The van der Waals surface area contributed by atoms with Crippen LogP contribution in [0.15, 0.2) is 30.6 Å². The second-order valence-corrected chi connectivity index (χ2v) is 6.29. The van der Waals surface area contributed by atoms with E-state index in [1.807, 2.05) is 35.0 Å². The Morgan fingerprint density at radius 3 is 2.76 bits per heavy atom. The van der Waals surface area contributed by atoms with Gasteiger partial charge in [0, 0.05) is 64.8 Å². The Hall–Kier alpha value is -2.25. The first kappa shape index (κ1) is 17.6. The molecule has 25 heavy (non-hydrogen) atoms. The second-order valence-electron chi connectivity index (χ2n) is 6.29. The van der Waals surface area contributed by atoms with Gasteiger partial charge in [-0.05, 0) is 18.2 Å². The molecule has 1 saturated heterocycles. The Morgan fingerprint density at radius 1 is 1.28 bits per heavy atom. The molecular formula is C18H25N5O2. The predicted molar refractivity (Wildman–Crippen MR) is 94.8 cm³/mol. The summed E-state index contributed by atoms with van der Waals surface area (Å²) in [5.74, 6) is 0.181. The molecule has 0 N–H and O–H groups in total. The van der Waals surface area contributed by atoms with E-state index in [9.17, 15) is 4.79 Å². The van der Waals surface area contributed by atoms with E-state index >= 15 is 0 Å². The Bertz CT molecular complexity index is 693. The first-order valence-electron chi connectivity index (χ1n) is 8.60. The van der Waals surface area contributed by atoms with Crippen molar-refractivity contribution in [3.05, 3.63) is 36.3 Å². The number of aryl methyl sites for hydroxylation is 1. The molecule has 1 fully saturated rings. The van der Waals surface area contributed by atoms with E-state index in [1.54, 1.807) is 13.3 Å². The lowest BCUT2D eigenvalue weighted by atomic mass is 10.2. The summed E-state index contributed by atoms with van der Waals surface area (Å²) >= 11 is 0. The zero-order valence-electron chi connectivity index (χ0n) is 14.9. The summed E-state index contributed by atoms with van der Waals surface area (Å²) in [6, 6.07) is 6.06. The van der Waals surface area contributed by atoms with Gasteiger partial charge >= 0.3 is 0 Å². The van der Waals surface area contributed by atoms with Crippen LogP contribution in [0.2, 0.25) is 0 Å². The first-order valence-corrected chi connectivity index (χ1v) is 8.60. The van der Waals surface area contributed by atoms with Crippen molar-refractivity contribution in [2.24, 2.45) is 7.05 Å². The number of rotatable bonds is 6. The number of hydrogen-bond acceptors (Lipinski definition) is 5. The fraction of sp³-hybridized carbons (Fsp3) is 0.500. The van der Waals surface area contributed by atoms with Gasteiger partial charge in [-0.2, -0.15) is 5.10 Å². The number of ether oxygens (including phenoxy) is 1. The maximum atomic E-state index is 12.0. The van der Waals surface area contributed by atoms with E-state index < -0.39 is 0 Å². The minimum atomic E-state index is 0.181. The van der Waals surface area contributed by atoms with E-state index in [2.05, 4.69) is 21.0 Å². The highest BCUT2D eigenvalue weighted by Crippen LogP contribution is 2.19. The molecular weight excluding hydrogens is 318 g/mol. The molecule has 0 spiro atoms. The number of methoxy groups -OCH3 is 1. The van der Waals surface area contributed by atoms with Crippen LogP contribution in [0.3, 0.4) is 0 Å². The van der Waals surface area contributed by atoms with Gasteiger partial charge in [-0.25, -0.2) is 0 Å². The highest BCUT2D eigenvalue weighted by molar-refractivity contribution is 5.76. The highest BCUT2D eigenvalue weighted by atomic mass is 16.5. The quantitative estimate of drug-likeness (QED) is 0.788. The Morgan fingerprint density at radius 2 is 2.08 bits per heavy atom. The average molecular weight is 343 g/mol. The number of carbonyl (C=O) groups is 1. The number of aromatic nitrogens is 3. The molecule has 0 saturated carbocycles. The highest BCUT2D eigenvalue weighted by Gasteiger charge is 2.21. The molecule has 0 aromatic carbocycles. The van der Waals surface area contributed by atoms with Crippen molar-refractivity contribution in [2.75, 3.05) is 39.9 Å². The Labute approximate surface area is 148 Å². The summed E-state index contributed by atoms with van der Waals surface area (Å²) in [5, 5.41) is 4.59. The van der Waals surface area contributed by atoms with Gasteiger partial charge in [0.2, 0.25) is 5.91 Å². The monoisotopic (exact) mass is 343 g/mol. The van der Waals surface area contributed by atoms with Crippen LogP contribution in [-0.4, -0.2) is 70.4 Å². The molecule has 3 rings (SSSR count). The van der Waals surface area contributed by atoms with Gasteiger partial charge in [0.15, 0.2) is 0 Å². The number of carbonyl (C=O) groups excluding carboxylic acids is 1. The Kier molecular flexibility index (Phi) is 5.78. The number of piperazine rings is 1. The molecule has 2 aromatic heterocycles.